The summed E-state index contributed by atoms with van der Waals surface area (Å²) in [6.07, 6.45) is 2.27. The molecule has 0 saturated carbocycles. The molecule has 1 spiro atoms. The third-order valence-corrected chi connectivity index (χ3v) is 7.71. The summed E-state index contributed by atoms with van der Waals surface area (Å²) in [6.45, 7) is 0.614. The minimum Gasteiger partial charge on any atom is -0.367 e. The molecule has 186 valence electrons. The number of nitro groups is 1. The molecular weight excluding hydrogens is 472 g/mol. The smallest absolute Gasteiger partial charge is 0.342 e. The van der Waals surface area contributed by atoms with Crippen molar-refractivity contribution in [1.82, 2.24) is 0 Å². The Morgan fingerprint density at radius 1 is 0.811 bits per heavy atom. The Kier molecular flexibility index (Phi) is 5.29. The molecule has 4 amide bonds. The van der Waals surface area contributed by atoms with Gasteiger partial charge in [-0.1, -0.05) is 36.4 Å². The van der Waals surface area contributed by atoms with E-state index in [-0.39, 0.29) is 12.1 Å². The first-order valence-corrected chi connectivity index (χ1v) is 12.3. The van der Waals surface area contributed by atoms with E-state index >= 15 is 0 Å². The Labute approximate surface area is 213 Å². The zero-order chi connectivity index (χ0) is 25.7. The number of piperidine rings is 1. The molecular formula is C28H24N4O5. The Morgan fingerprint density at radius 2 is 1.41 bits per heavy atom. The van der Waals surface area contributed by atoms with Gasteiger partial charge >= 0.3 is 6.03 Å². The predicted molar refractivity (Wildman–Crippen MR) is 137 cm³/mol. The van der Waals surface area contributed by atoms with Crippen molar-refractivity contribution < 1.29 is 19.3 Å². The number of rotatable bonds is 3. The van der Waals surface area contributed by atoms with Gasteiger partial charge in [0.15, 0.2) is 5.41 Å². The van der Waals surface area contributed by atoms with Crippen LogP contribution in [-0.2, 0) is 16.0 Å². The summed E-state index contributed by atoms with van der Waals surface area (Å²) in [4.78, 5) is 58.1. The lowest BCUT2D eigenvalue weighted by Crippen LogP contribution is -2.73. The largest absolute Gasteiger partial charge is 0.367 e. The van der Waals surface area contributed by atoms with Gasteiger partial charge in [-0.05, 0) is 55.2 Å². The van der Waals surface area contributed by atoms with Crippen molar-refractivity contribution in [2.45, 2.75) is 31.7 Å². The van der Waals surface area contributed by atoms with Crippen molar-refractivity contribution in [2.24, 2.45) is 5.41 Å². The van der Waals surface area contributed by atoms with Gasteiger partial charge in [0.25, 0.3) is 17.5 Å². The molecule has 0 unspecified atom stereocenters. The number of fused-ring (bicyclic) bond motifs is 4. The van der Waals surface area contributed by atoms with Gasteiger partial charge in [0, 0.05) is 30.8 Å². The zero-order valence-corrected chi connectivity index (χ0v) is 19.9. The maximum absolute atomic E-state index is 14.5. The van der Waals surface area contributed by atoms with Crippen molar-refractivity contribution in [3.05, 3.63) is 94.5 Å². The highest BCUT2D eigenvalue weighted by Gasteiger charge is 2.65. The summed E-state index contributed by atoms with van der Waals surface area (Å²) in [5, 5.41) is 11.6. The number of para-hydroxylation sites is 2. The lowest BCUT2D eigenvalue weighted by molar-refractivity contribution is -0.384. The molecule has 0 bridgehead atoms. The molecule has 0 N–H and O–H groups in total. The first-order valence-electron chi connectivity index (χ1n) is 12.3. The van der Waals surface area contributed by atoms with Crippen molar-refractivity contribution in [1.29, 1.82) is 0 Å². The molecule has 3 aromatic rings. The van der Waals surface area contributed by atoms with E-state index in [2.05, 4.69) is 0 Å². The van der Waals surface area contributed by atoms with Gasteiger partial charge in [-0.25, -0.2) is 14.6 Å². The molecule has 3 heterocycles. The average molecular weight is 497 g/mol. The van der Waals surface area contributed by atoms with Gasteiger partial charge in [0.1, 0.15) is 0 Å². The van der Waals surface area contributed by atoms with Crippen LogP contribution in [0.4, 0.5) is 27.5 Å². The normalized spacial score (nSPS) is 20.6. The second-order valence-corrected chi connectivity index (χ2v) is 9.66. The molecule has 9 nitrogen and oxygen atoms in total. The lowest BCUT2D eigenvalue weighted by atomic mass is 9.65. The highest BCUT2D eigenvalue weighted by atomic mass is 16.6. The molecule has 0 aromatic heterocycles. The van der Waals surface area contributed by atoms with Crippen LogP contribution in [0.25, 0.3) is 0 Å². The molecule has 0 radical (unpaired) electrons. The number of carbonyl (C=O) groups is 3. The lowest BCUT2D eigenvalue weighted by Gasteiger charge is -2.55. The molecule has 3 aromatic carbocycles. The van der Waals surface area contributed by atoms with E-state index in [1.165, 1.54) is 12.1 Å². The zero-order valence-electron chi connectivity index (χ0n) is 19.9. The van der Waals surface area contributed by atoms with Crippen LogP contribution in [0.1, 0.15) is 24.8 Å². The number of anilines is 3. The molecule has 2 fully saturated rings. The summed E-state index contributed by atoms with van der Waals surface area (Å²) in [6, 6.07) is 20.6. The van der Waals surface area contributed by atoms with Crippen LogP contribution in [-0.4, -0.2) is 35.4 Å². The number of carbonyl (C=O) groups excluding carboxylic acids is 3. The van der Waals surface area contributed by atoms with Crippen molar-refractivity contribution in [3.8, 4) is 0 Å². The van der Waals surface area contributed by atoms with Crippen LogP contribution in [0.5, 0.6) is 0 Å². The Balaban J connectivity index is 1.59. The highest BCUT2D eigenvalue weighted by Crippen LogP contribution is 2.50. The van der Waals surface area contributed by atoms with E-state index in [4.69, 9.17) is 0 Å². The Bertz CT molecular complexity index is 1360. The fraction of sp³-hybridized carbons (Fsp3) is 0.250. The second kappa shape index (κ2) is 8.55. The van der Waals surface area contributed by atoms with E-state index in [0.29, 0.717) is 29.9 Å². The van der Waals surface area contributed by atoms with Gasteiger partial charge in [-0.15, -0.1) is 0 Å². The van der Waals surface area contributed by atoms with Crippen LogP contribution in [0, 0.1) is 15.5 Å². The number of urea groups is 1. The molecule has 6 rings (SSSR count). The third kappa shape index (κ3) is 3.34. The van der Waals surface area contributed by atoms with Crippen LogP contribution in [0.15, 0.2) is 78.9 Å². The molecule has 0 aliphatic carbocycles. The standard InChI is InChI=1S/C28H24N4O5/c33-25-28(18-19-17-22(32(36)37)14-15-23(19)29-16-8-7-13-24(28)29)26(34)31(21-11-5-2-6-12-21)27(35)30(25)20-9-3-1-4-10-20/h1-6,9-12,14-15,17,24H,7-8,13,16,18H2/t24-/m1/s1. The third-order valence-electron chi connectivity index (χ3n) is 7.71. The first-order chi connectivity index (χ1) is 17.9. The van der Waals surface area contributed by atoms with E-state index in [0.717, 1.165) is 28.3 Å². The van der Waals surface area contributed by atoms with E-state index in [9.17, 15) is 24.5 Å². The fourth-order valence-electron chi connectivity index (χ4n) is 6.07. The van der Waals surface area contributed by atoms with Gasteiger partial charge in [0.2, 0.25) is 0 Å². The van der Waals surface area contributed by atoms with Crippen molar-refractivity contribution >= 4 is 40.6 Å². The minimum atomic E-state index is -1.62. The summed E-state index contributed by atoms with van der Waals surface area (Å²) in [5.74, 6) is -1.18. The van der Waals surface area contributed by atoms with E-state index in [1.807, 2.05) is 4.90 Å². The summed E-state index contributed by atoms with van der Waals surface area (Å²) in [5.41, 5.74) is 0.383. The fourth-order valence-corrected chi connectivity index (χ4v) is 6.07. The first kappa shape index (κ1) is 22.9. The molecule has 2 saturated heterocycles. The average Bonchev–Trinajstić information content (AvgIpc) is 2.93. The SMILES string of the molecule is O=C1N(c2ccccc2)C(=O)C2(Cc3cc([N+](=O)[O-])ccc3N3CCCC[C@@H]32)C(=O)N1c1ccccc1. The predicted octanol–water partition coefficient (Wildman–Crippen LogP) is 4.70. The number of hydrogen-bond acceptors (Lipinski definition) is 6. The molecule has 9 heteroatoms. The molecule has 3 aliphatic rings. The van der Waals surface area contributed by atoms with Crippen LogP contribution in [0.3, 0.4) is 0 Å². The summed E-state index contributed by atoms with van der Waals surface area (Å²) < 4.78 is 0. The minimum absolute atomic E-state index is 0.0250. The van der Waals surface area contributed by atoms with E-state index < -0.39 is 34.2 Å². The van der Waals surface area contributed by atoms with Gasteiger partial charge < -0.3 is 4.90 Å². The topological polar surface area (TPSA) is 104 Å². The maximum atomic E-state index is 14.5. The Hall–Kier alpha value is -4.53. The number of amides is 4. The Morgan fingerprint density at radius 3 is 1.97 bits per heavy atom. The number of imide groups is 2. The van der Waals surface area contributed by atoms with Gasteiger partial charge in [-0.3, -0.25) is 19.7 Å². The molecule has 3 aliphatic heterocycles. The van der Waals surface area contributed by atoms with Gasteiger partial charge in [-0.2, -0.15) is 0 Å². The van der Waals surface area contributed by atoms with Crippen molar-refractivity contribution in [3.63, 3.8) is 0 Å². The van der Waals surface area contributed by atoms with Gasteiger partial charge in [0.05, 0.1) is 22.3 Å². The molecule has 37 heavy (non-hydrogen) atoms. The number of hydrogen-bond donors (Lipinski definition) is 0. The highest BCUT2D eigenvalue weighted by molar-refractivity contribution is 6.39. The summed E-state index contributed by atoms with van der Waals surface area (Å²) in [7, 11) is 0. The maximum Gasteiger partial charge on any atom is 0.342 e. The number of nitrogens with zero attached hydrogens (tertiary/aromatic N) is 4. The number of benzene rings is 3. The second-order valence-electron chi connectivity index (χ2n) is 9.66. The summed E-state index contributed by atoms with van der Waals surface area (Å²) >= 11 is 0. The molecule has 1 atom stereocenters. The monoisotopic (exact) mass is 496 g/mol. The van der Waals surface area contributed by atoms with Crippen LogP contribution < -0.4 is 14.7 Å². The van der Waals surface area contributed by atoms with Crippen LogP contribution >= 0.6 is 0 Å². The number of nitro benzene ring substituents is 1. The number of non-ortho nitro benzene ring substituents is 1. The quantitative estimate of drug-likeness (QED) is 0.296. The van der Waals surface area contributed by atoms with Crippen molar-refractivity contribution in [2.75, 3.05) is 21.2 Å². The van der Waals surface area contributed by atoms with Crippen LogP contribution in [0.2, 0.25) is 0 Å². The number of barbiturate groups is 1. The van der Waals surface area contributed by atoms with E-state index in [1.54, 1.807) is 66.7 Å².